The van der Waals surface area contributed by atoms with Crippen LogP contribution in [0.25, 0.3) is 10.2 Å². The van der Waals surface area contributed by atoms with Crippen LogP contribution in [0.2, 0.25) is 0 Å². The SMILES string of the molecule is CC.CC.CC.Cc1ccc(Nc2c(C(=O)NOCCO)cc3snnc3c2F)c(F)c1. The van der Waals surface area contributed by atoms with E-state index in [0.717, 1.165) is 11.5 Å². The molecule has 32 heavy (non-hydrogen) atoms. The summed E-state index contributed by atoms with van der Waals surface area (Å²) in [6.07, 6.45) is 0. The maximum Gasteiger partial charge on any atom is 0.277 e. The van der Waals surface area contributed by atoms with Crippen molar-refractivity contribution >= 4 is 39.0 Å². The summed E-state index contributed by atoms with van der Waals surface area (Å²) in [6, 6.07) is 5.76. The maximum absolute atomic E-state index is 14.9. The number of rotatable bonds is 6. The maximum atomic E-state index is 14.9. The molecule has 0 spiro atoms. The summed E-state index contributed by atoms with van der Waals surface area (Å²) in [6.45, 7) is 13.3. The van der Waals surface area contributed by atoms with Gasteiger partial charge in [-0.05, 0) is 42.2 Å². The number of fused-ring (bicyclic) bond motifs is 1. The van der Waals surface area contributed by atoms with Crippen LogP contribution in [-0.4, -0.2) is 33.8 Å². The number of hydrogen-bond donors (Lipinski definition) is 3. The molecule has 0 saturated carbocycles. The molecule has 1 heterocycles. The third kappa shape index (κ3) is 7.77. The molecule has 3 rings (SSSR count). The molecule has 3 aromatic rings. The summed E-state index contributed by atoms with van der Waals surface area (Å²) >= 11 is 0.918. The van der Waals surface area contributed by atoms with Crippen molar-refractivity contribution in [3.8, 4) is 0 Å². The lowest BCUT2D eigenvalue weighted by Crippen LogP contribution is -2.26. The lowest BCUT2D eigenvalue weighted by atomic mass is 10.1. The van der Waals surface area contributed by atoms with Gasteiger partial charge in [0.2, 0.25) is 0 Å². The zero-order chi connectivity index (χ0) is 24.7. The van der Waals surface area contributed by atoms with Crippen LogP contribution in [0.1, 0.15) is 57.5 Å². The zero-order valence-electron chi connectivity index (χ0n) is 19.5. The van der Waals surface area contributed by atoms with Gasteiger partial charge in [0.05, 0.1) is 34.9 Å². The van der Waals surface area contributed by atoms with Crippen LogP contribution in [0.4, 0.5) is 20.2 Å². The summed E-state index contributed by atoms with van der Waals surface area (Å²) in [5.41, 5.74) is 2.40. The van der Waals surface area contributed by atoms with Crippen LogP contribution in [0.15, 0.2) is 24.3 Å². The molecule has 7 nitrogen and oxygen atoms in total. The number of aromatic nitrogens is 2. The molecule has 178 valence electrons. The van der Waals surface area contributed by atoms with Gasteiger partial charge in [-0.1, -0.05) is 52.1 Å². The Labute approximate surface area is 191 Å². The second-order valence-corrected chi connectivity index (χ2v) is 6.13. The number of carbonyl (C=O) groups excluding carboxylic acids is 1. The molecule has 0 saturated heterocycles. The molecule has 3 N–H and O–H groups in total. The molecule has 0 atom stereocenters. The number of aliphatic hydroxyl groups is 1. The highest BCUT2D eigenvalue weighted by molar-refractivity contribution is 7.13. The number of hydroxylamine groups is 1. The molecule has 1 aromatic heterocycles. The number of hydrogen-bond acceptors (Lipinski definition) is 7. The molecule has 0 fully saturated rings. The van der Waals surface area contributed by atoms with Crippen LogP contribution in [-0.2, 0) is 4.84 Å². The lowest BCUT2D eigenvalue weighted by Gasteiger charge is -2.14. The predicted octanol–water partition coefficient (Wildman–Crippen LogP) is 5.75. The number of aryl methyl sites for hydroxylation is 1. The van der Waals surface area contributed by atoms with E-state index >= 15 is 0 Å². The van der Waals surface area contributed by atoms with Crippen molar-refractivity contribution in [2.24, 2.45) is 0 Å². The van der Waals surface area contributed by atoms with Gasteiger partial charge in [-0.25, -0.2) is 14.3 Å². The summed E-state index contributed by atoms with van der Waals surface area (Å²) in [4.78, 5) is 17.1. The van der Waals surface area contributed by atoms with Gasteiger partial charge < -0.3 is 10.4 Å². The van der Waals surface area contributed by atoms with Crippen molar-refractivity contribution in [2.45, 2.75) is 48.5 Å². The van der Waals surface area contributed by atoms with E-state index in [4.69, 9.17) is 9.94 Å². The van der Waals surface area contributed by atoms with Gasteiger partial charge in [0.1, 0.15) is 11.3 Å². The number of benzene rings is 2. The fourth-order valence-corrected chi connectivity index (χ4v) is 2.86. The van der Waals surface area contributed by atoms with Crippen molar-refractivity contribution in [3.63, 3.8) is 0 Å². The average Bonchev–Trinajstić information content (AvgIpc) is 3.30. The Kier molecular flexibility index (Phi) is 14.7. The quantitative estimate of drug-likeness (QED) is 0.313. The second kappa shape index (κ2) is 16.0. The van der Waals surface area contributed by atoms with E-state index < -0.39 is 17.5 Å². The van der Waals surface area contributed by atoms with Gasteiger partial charge in [0, 0.05) is 0 Å². The molecule has 0 aliphatic heterocycles. The summed E-state index contributed by atoms with van der Waals surface area (Å²) in [7, 11) is 0. The monoisotopic (exact) mass is 470 g/mol. The Morgan fingerprint density at radius 2 is 1.78 bits per heavy atom. The molecular weight excluding hydrogens is 438 g/mol. The summed E-state index contributed by atoms with van der Waals surface area (Å²) < 4.78 is 33.0. The average molecular weight is 471 g/mol. The summed E-state index contributed by atoms with van der Waals surface area (Å²) in [5.74, 6) is -2.19. The Morgan fingerprint density at radius 1 is 1.12 bits per heavy atom. The van der Waals surface area contributed by atoms with E-state index in [1.165, 1.54) is 18.2 Å². The van der Waals surface area contributed by atoms with Crippen molar-refractivity contribution in [3.05, 3.63) is 47.0 Å². The van der Waals surface area contributed by atoms with E-state index in [-0.39, 0.29) is 35.7 Å². The third-order valence-corrected chi connectivity index (χ3v) is 4.14. The first-order chi connectivity index (χ1) is 15.5. The van der Waals surface area contributed by atoms with Crippen molar-refractivity contribution in [1.82, 2.24) is 15.1 Å². The first-order valence-electron chi connectivity index (χ1n) is 10.5. The van der Waals surface area contributed by atoms with Crippen molar-refractivity contribution < 1.29 is 23.5 Å². The molecule has 0 radical (unpaired) electrons. The molecular formula is C22H32F2N4O3S. The van der Waals surface area contributed by atoms with E-state index in [1.54, 1.807) is 13.0 Å². The van der Waals surface area contributed by atoms with E-state index in [1.807, 2.05) is 41.5 Å². The van der Waals surface area contributed by atoms with Gasteiger partial charge in [-0.2, -0.15) is 0 Å². The number of aliphatic hydroxyl groups excluding tert-OH is 1. The fourth-order valence-electron chi connectivity index (χ4n) is 2.26. The molecule has 10 heteroatoms. The number of anilines is 2. The Hall–Kier alpha value is -2.69. The van der Waals surface area contributed by atoms with E-state index in [2.05, 4.69) is 20.4 Å². The van der Waals surface area contributed by atoms with Gasteiger partial charge in [-0.15, -0.1) is 5.10 Å². The third-order valence-electron chi connectivity index (χ3n) is 3.47. The topological polar surface area (TPSA) is 96.4 Å². The number of halogens is 2. The Balaban J connectivity index is 0.00000148. The van der Waals surface area contributed by atoms with E-state index in [9.17, 15) is 13.6 Å². The fraction of sp³-hybridized carbons (Fsp3) is 0.409. The number of amides is 1. The first-order valence-corrected chi connectivity index (χ1v) is 11.3. The Morgan fingerprint density at radius 3 is 2.38 bits per heavy atom. The molecule has 0 bridgehead atoms. The number of nitrogens with one attached hydrogen (secondary N) is 2. The van der Waals surface area contributed by atoms with E-state index in [0.29, 0.717) is 10.3 Å². The minimum atomic E-state index is -0.830. The molecule has 2 aromatic carbocycles. The minimum Gasteiger partial charge on any atom is -0.394 e. The van der Waals surface area contributed by atoms with Gasteiger partial charge >= 0.3 is 0 Å². The van der Waals surface area contributed by atoms with Crippen LogP contribution in [0.3, 0.4) is 0 Å². The molecule has 1 amide bonds. The molecule has 0 aliphatic rings. The minimum absolute atomic E-state index is 0.00219. The smallest absolute Gasteiger partial charge is 0.277 e. The number of nitrogens with zero attached hydrogens (tertiary/aromatic N) is 2. The van der Waals surface area contributed by atoms with Crippen molar-refractivity contribution in [1.29, 1.82) is 0 Å². The van der Waals surface area contributed by atoms with Gasteiger partial charge in [-0.3, -0.25) is 9.63 Å². The first kappa shape index (κ1) is 29.3. The highest BCUT2D eigenvalue weighted by atomic mass is 32.1. The highest BCUT2D eigenvalue weighted by Gasteiger charge is 2.22. The van der Waals surface area contributed by atoms with Crippen LogP contribution < -0.4 is 10.8 Å². The highest BCUT2D eigenvalue weighted by Crippen LogP contribution is 2.32. The van der Waals surface area contributed by atoms with Crippen LogP contribution in [0, 0.1) is 18.6 Å². The predicted molar refractivity (Wildman–Crippen MR) is 126 cm³/mol. The van der Waals surface area contributed by atoms with Gasteiger partial charge in [0.15, 0.2) is 5.82 Å². The Bertz CT molecular complexity index is 968. The zero-order valence-corrected chi connectivity index (χ0v) is 20.4. The summed E-state index contributed by atoms with van der Waals surface area (Å²) in [5, 5.41) is 15.0. The molecule has 0 unspecified atom stereocenters. The lowest BCUT2D eigenvalue weighted by molar-refractivity contribution is 0.0169. The standard InChI is InChI=1S/C16H14F2N4O3S.3C2H6/c1-8-2-3-11(10(17)6-8)19-14-9(16(24)21-25-5-4-23)7-12-15(13(14)18)20-22-26-12;3*1-2/h2-3,6-7,19,23H,4-5H2,1H3,(H,21,24);3*1-2H3. The van der Waals surface area contributed by atoms with Gasteiger partial charge in [0.25, 0.3) is 5.91 Å². The van der Waals surface area contributed by atoms with Crippen LogP contribution in [0.5, 0.6) is 0 Å². The normalized spacial score (nSPS) is 9.44. The van der Waals surface area contributed by atoms with Crippen LogP contribution >= 0.6 is 11.5 Å². The largest absolute Gasteiger partial charge is 0.394 e. The number of carbonyl (C=O) groups is 1. The second-order valence-electron chi connectivity index (χ2n) is 5.34. The molecule has 0 aliphatic carbocycles. The van der Waals surface area contributed by atoms with Crippen molar-refractivity contribution in [2.75, 3.05) is 18.5 Å².